The number of halogens is 4. The molecule has 0 bridgehead atoms. The summed E-state index contributed by atoms with van der Waals surface area (Å²) < 4.78 is 37.6. The highest BCUT2D eigenvalue weighted by atomic mass is 79.9. The second-order valence-corrected chi connectivity index (χ2v) is 7.18. The lowest BCUT2D eigenvalue weighted by molar-refractivity contribution is -0.122. The van der Waals surface area contributed by atoms with E-state index in [-0.39, 0.29) is 5.11 Å². The third-order valence-electron chi connectivity index (χ3n) is 3.00. The Labute approximate surface area is 175 Å². The molecule has 0 saturated heterocycles. The standard InChI is InChI=1S/C16H19BrF3N5S2/c1-3-4-13(26)23-22-10(2)14(11-5-7-12(17)8-6-11)24-25-15(27)21-9-16(18,19)20/h5-8H,3-4,9H2,1-2H3,(H,23,26)(H2,21,25,27). The van der Waals surface area contributed by atoms with E-state index < -0.39 is 12.7 Å². The first kappa shape index (κ1) is 23.4. The minimum Gasteiger partial charge on any atom is -0.352 e. The molecule has 1 aromatic rings. The van der Waals surface area contributed by atoms with Crippen LogP contribution in [0.4, 0.5) is 13.2 Å². The van der Waals surface area contributed by atoms with Crippen LogP contribution in [0.15, 0.2) is 38.9 Å². The Hall–Kier alpha value is -1.59. The van der Waals surface area contributed by atoms with E-state index in [1.165, 1.54) is 0 Å². The van der Waals surface area contributed by atoms with Crippen molar-refractivity contribution >= 4 is 61.9 Å². The van der Waals surface area contributed by atoms with Crippen LogP contribution >= 0.6 is 40.4 Å². The Kier molecular flexibility index (Phi) is 9.81. The zero-order valence-electron chi connectivity index (χ0n) is 14.7. The van der Waals surface area contributed by atoms with Crippen LogP contribution in [0.5, 0.6) is 0 Å². The molecule has 5 nitrogen and oxygen atoms in total. The fourth-order valence-electron chi connectivity index (χ4n) is 1.77. The Morgan fingerprint density at radius 3 is 2.30 bits per heavy atom. The predicted octanol–water partition coefficient (Wildman–Crippen LogP) is 4.27. The van der Waals surface area contributed by atoms with Crippen molar-refractivity contribution in [1.29, 1.82) is 0 Å². The Morgan fingerprint density at radius 2 is 1.74 bits per heavy atom. The van der Waals surface area contributed by atoms with Gasteiger partial charge in [-0.15, -0.1) is 0 Å². The molecule has 27 heavy (non-hydrogen) atoms. The van der Waals surface area contributed by atoms with Crippen molar-refractivity contribution in [2.24, 2.45) is 10.2 Å². The van der Waals surface area contributed by atoms with Gasteiger partial charge in [-0.25, -0.2) is 0 Å². The van der Waals surface area contributed by atoms with Gasteiger partial charge in [0.25, 0.3) is 0 Å². The van der Waals surface area contributed by atoms with Crippen LogP contribution < -0.4 is 16.2 Å². The van der Waals surface area contributed by atoms with Gasteiger partial charge in [0.1, 0.15) is 12.3 Å². The molecule has 0 atom stereocenters. The fourth-order valence-corrected chi connectivity index (χ4v) is 2.40. The third kappa shape index (κ3) is 9.78. The molecule has 0 radical (unpaired) electrons. The molecule has 0 fully saturated rings. The molecular weight excluding hydrogens is 463 g/mol. The lowest BCUT2D eigenvalue weighted by Gasteiger charge is -2.12. The molecule has 0 aliphatic heterocycles. The molecule has 11 heteroatoms. The number of hydrogen-bond donors (Lipinski definition) is 3. The fraction of sp³-hybridized carbons (Fsp3) is 0.375. The summed E-state index contributed by atoms with van der Waals surface area (Å²) in [6.07, 6.45) is -2.80. The third-order valence-corrected chi connectivity index (χ3v) is 4.06. The predicted molar refractivity (Wildman–Crippen MR) is 114 cm³/mol. The molecule has 0 spiro atoms. The number of thiocarbonyl (C=S) groups is 2. The lowest BCUT2D eigenvalue weighted by atomic mass is 10.1. The zero-order chi connectivity index (χ0) is 20.4. The first-order valence-corrected chi connectivity index (χ1v) is 9.51. The van der Waals surface area contributed by atoms with Gasteiger partial charge in [0.05, 0.1) is 10.7 Å². The molecule has 0 amide bonds. The Balaban J connectivity index is 2.97. The number of nitrogens with one attached hydrogen (secondary N) is 3. The number of alkyl halides is 3. The summed E-state index contributed by atoms with van der Waals surface area (Å²) >= 11 is 13.3. The SMILES string of the molecule is CCCC(=S)NN=C(C)C(=NNC(=S)NCC(F)(F)F)c1ccc(Br)cc1. The minimum atomic E-state index is -4.37. The molecule has 3 N–H and O–H groups in total. The van der Waals surface area contributed by atoms with E-state index in [1.807, 2.05) is 24.4 Å². The maximum atomic E-state index is 12.3. The second kappa shape index (κ2) is 11.3. The van der Waals surface area contributed by atoms with Gasteiger partial charge in [-0.2, -0.15) is 23.4 Å². The smallest absolute Gasteiger partial charge is 0.352 e. The number of rotatable bonds is 7. The van der Waals surface area contributed by atoms with E-state index in [1.54, 1.807) is 19.1 Å². The molecular formula is C16H19BrF3N5S2. The van der Waals surface area contributed by atoms with Crippen LogP contribution in [0, 0.1) is 0 Å². The van der Waals surface area contributed by atoms with Crippen LogP contribution in [0.1, 0.15) is 32.3 Å². The molecule has 0 saturated carbocycles. The molecule has 148 valence electrons. The second-order valence-electron chi connectivity index (χ2n) is 5.36. The van der Waals surface area contributed by atoms with E-state index in [9.17, 15) is 13.2 Å². The largest absolute Gasteiger partial charge is 0.405 e. The van der Waals surface area contributed by atoms with Crippen LogP contribution in [-0.4, -0.2) is 34.2 Å². The average molecular weight is 482 g/mol. The average Bonchev–Trinajstić information content (AvgIpc) is 2.59. The van der Waals surface area contributed by atoms with E-state index in [0.717, 1.165) is 10.9 Å². The summed E-state index contributed by atoms with van der Waals surface area (Å²) in [5.41, 5.74) is 6.80. The summed E-state index contributed by atoms with van der Waals surface area (Å²) in [7, 11) is 0. The maximum absolute atomic E-state index is 12.3. The van der Waals surface area contributed by atoms with Gasteiger partial charge < -0.3 is 5.32 Å². The first-order chi connectivity index (χ1) is 12.6. The van der Waals surface area contributed by atoms with Gasteiger partial charge in [0.2, 0.25) is 0 Å². The molecule has 1 rings (SSSR count). The van der Waals surface area contributed by atoms with Gasteiger partial charge in [-0.05, 0) is 44.1 Å². The highest BCUT2D eigenvalue weighted by molar-refractivity contribution is 9.10. The monoisotopic (exact) mass is 481 g/mol. The highest BCUT2D eigenvalue weighted by Crippen LogP contribution is 2.13. The van der Waals surface area contributed by atoms with Gasteiger partial charge in [0.15, 0.2) is 5.11 Å². The number of benzene rings is 1. The molecule has 1 aromatic carbocycles. The normalized spacial score (nSPS) is 12.5. The van der Waals surface area contributed by atoms with E-state index >= 15 is 0 Å². The quantitative estimate of drug-likeness (QED) is 0.308. The van der Waals surface area contributed by atoms with Crippen LogP contribution in [0.2, 0.25) is 0 Å². The molecule has 0 aromatic heterocycles. The molecule has 0 aliphatic rings. The van der Waals surface area contributed by atoms with Gasteiger partial charge >= 0.3 is 6.18 Å². The molecule has 0 heterocycles. The number of nitrogens with zero attached hydrogens (tertiary/aromatic N) is 2. The summed E-state index contributed by atoms with van der Waals surface area (Å²) in [4.78, 5) is 0.585. The molecule has 0 aliphatic carbocycles. The van der Waals surface area contributed by atoms with E-state index in [0.29, 0.717) is 28.4 Å². The van der Waals surface area contributed by atoms with Crippen molar-refractivity contribution < 1.29 is 13.2 Å². The zero-order valence-corrected chi connectivity index (χ0v) is 17.9. The summed E-state index contributed by atoms with van der Waals surface area (Å²) in [5, 5.41) is 10.1. The Morgan fingerprint density at radius 1 is 1.11 bits per heavy atom. The van der Waals surface area contributed by atoms with Crippen molar-refractivity contribution in [1.82, 2.24) is 16.2 Å². The summed E-state index contributed by atoms with van der Waals surface area (Å²) in [6.45, 7) is 2.45. The van der Waals surface area contributed by atoms with Crippen molar-refractivity contribution in [2.45, 2.75) is 32.9 Å². The summed E-state index contributed by atoms with van der Waals surface area (Å²) in [6, 6.07) is 7.21. The van der Waals surface area contributed by atoms with E-state index in [4.69, 9.17) is 24.4 Å². The highest BCUT2D eigenvalue weighted by Gasteiger charge is 2.27. The van der Waals surface area contributed by atoms with Gasteiger partial charge in [-0.3, -0.25) is 10.9 Å². The van der Waals surface area contributed by atoms with Crippen molar-refractivity contribution in [2.75, 3.05) is 6.54 Å². The number of hydrazone groups is 2. The Bertz CT molecular complexity index is 718. The first-order valence-electron chi connectivity index (χ1n) is 7.90. The molecule has 0 unspecified atom stereocenters. The van der Waals surface area contributed by atoms with Crippen LogP contribution in [-0.2, 0) is 0 Å². The maximum Gasteiger partial charge on any atom is 0.405 e. The van der Waals surface area contributed by atoms with E-state index in [2.05, 4.69) is 37.0 Å². The number of hydrogen-bond acceptors (Lipinski definition) is 4. The minimum absolute atomic E-state index is 0.246. The topological polar surface area (TPSA) is 60.8 Å². The van der Waals surface area contributed by atoms with Crippen LogP contribution in [0.25, 0.3) is 0 Å². The van der Waals surface area contributed by atoms with Crippen molar-refractivity contribution in [3.8, 4) is 0 Å². The van der Waals surface area contributed by atoms with Gasteiger partial charge in [0, 0.05) is 10.0 Å². The lowest BCUT2D eigenvalue weighted by Crippen LogP contribution is -2.39. The van der Waals surface area contributed by atoms with Crippen molar-refractivity contribution in [3.63, 3.8) is 0 Å². The van der Waals surface area contributed by atoms with Gasteiger partial charge in [-0.1, -0.05) is 47.2 Å². The van der Waals surface area contributed by atoms with Crippen molar-refractivity contribution in [3.05, 3.63) is 34.3 Å². The summed E-state index contributed by atoms with van der Waals surface area (Å²) in [5.74, 6) is 0. The van der Waals surface area contributed by atoms with Crippen LogP contribution in [0.3, 0.4) is 0 Å².